The highest BCUT2D eigenvalue weighted by Gasteiger charge is 2.13. The van der Waals surface area contributed by atoms with Crippen LogP contribution in [0.5, 0.6) is 0 Å². The molecule has 1 aromatic carbocycles. The Hall–Kier alpha value is -1.05. The fraction of sp³-hybridized carbons (Fsp3) is 0.417. The Morgan fingerprint density at radius 2 is 2.19 bits per heavy atom. The van der Waals surface area contributed by atoms with Gasteiger partial charge in [0.25, 0.3) is 0 Å². The summed E-state index contributed by atoms with van der Waals surface area (Å²) in [5.74, 6) is 0.144. The van der Waals surface area contributed by atoms with Gasteiger partial charge in [-0.3, -0.25) is 0 Å². The smallest absolute Gasteiger partial charge is 0.103 e. The third kappa shape index (κ3) is 2.97. The Balaban J connectivity index is 2.90. The second-order valence-corrected chi connectivity index (χ2v) is 4.72. The van der Waals surface area contributed by atoms with Crippen molar-refractivity contribution in [3.05, 3.63) is 28.2 Å². The van der Waals surface area contributed by atoms with Crippen molar-refractivity contribution in [2.75, 3.05) is 11.9 Å². The molecule has 2 unspecified atom stereocenters. The van der Waals surface area contributed by atoms with Crippen LogP contribution in [0.3, 0.4) is 0 Å². The number of aliphatic hydroxyl groups is 1. The zero-order chi connectivity index (χ0) is 12.1. The summed E-state index contributed by atoms with van der Waals surface area (Å²) in [6.45, 7) is 4.08. The Labute approximate surface area is 104 Å². The lowest BCUT2D eigenvalue weighted by Gasteiger charge is -2.21. The van der Waals surface area contributed by atoms with Crippen molar-refractivity contribution < 1.29 is 5.11 Å². The molecular weight excluding hydrogens is 268 g/mol. The van der Waals surface area contributed by atoms with Crippen LogP contribution >= 0.6 is 15.9 Å². The largest absolute Gasteiger partial charge is 0.396 e. The SMILES string of the molecule is CC(CO)C(C)Nc1cccc(Br)c1C#N. The van der Waals surface area contributed by atoms with Gasteiger partial charge in [-0.1, -0.05) is 13.0 Å². The average Bonchev–Trinajstić information content (AvgIpc) is 2.28. The monoisotopic (exact) mass is 282 g/mol. The second-order valence-electron chi connectivity index (χ2n) is 3.87. The van der Waals surface area contributed by atoms with Gasteiger partial charge in [0.05, 0.1) is 11.3 Å². The van der Waals surface area contributed by atoms with Gasteiger partial charge in [0.2, 0.25) is 0 Å². The summed E-state index contributed by atoms with van der Waals surface area (Å²) in [4.78, 5) is 0. The Morgan fingerprint density at radius 3 is 2.75 bits per heavy atom. The van der Waals surface area contributed by atoms with Gasteiger partial charge < -0.3 is 10.4 Å². The van der Waals surface area contributed by atoms with Crippen LogP contribution in [-0.4, -0.2) is 17.8 Å². The first kappa shape index (κ1) is 13.0. The van der Waals surface area contributed by atoms with Crippen LogP contribution in [0.25, 0.3) is 0 Å². The van der Waals surface area contributed by atoms with E-state index in [9.17, 15) is 0 Å². The minimum atomic E-state index is 0.117. The molecule has 0 amide bonds. The van der Waals surface area contributed by atoms with E-state index in [1.54, 1.807) is 0 Å². The van der Waals surface area contributed by atoms with Crippen LogP contribution in [0.15, 0.2) is 22.7 Å². The van der Waals surface area contributed by atoms with Crippen molar-refractivity contribution in [3.63, 3.8) is 0 Å². The third-order valence-corrected chi connectivity index (χ3v) is 3.31. The molecule has 0 bridgehead atoms. The molecule has 16 heavy (non-hydrogen) atoms. The quantitative estimate of drug-likeness (QED) is 0.893. The number of anilines is 1. The van der Waals surface area contributed by atoms with Gasteiger partial charge in [-0.2, -0.15) is 5.26 Å². The van der Waals surface area contributed by atoms with Gasteiger partial charge >= 0.3 is 0 Å². The zero-order valence-electron chi connectivity index (χ0n) is 9.37. The van der Waals surface area contributed by atoms with E-state index in [0.717, 1.165) is 10.2 Å². The highest BCUT2D eigenvalue weighted by atomic mass is 79.9. The number of aliphatic hydroxyl groups excluding tert-OH is 1. The first-order valence-corrected chi connectivity index (χ1v) is 5.95. The second kappa shape index (κ2) is 5.88. The minimum absolute atomic E-state index is 0.117. The van der Waals surface area contributed by atoms with Crippen molar-refractivity contribution >= 4 is 21.6 Å². The van der Waals surface area contributed by atoms with Crippen LogP contribution < -0.4 is 5.32 Å². The fourth-order valence-electron chi connectivity index (χ4n) is 1.30. The number of nitrogens with one attached hydrogen (secondary N) is 1. The van der Waals surface area contributed by atoms with Crippen molar-refractivity contribution in [2.45, 2.75) is 19.9 Å². The maximum absolute atomic E-state index is 9.05. The summed E-state index contributed by atoms with van der Waals surface area (Å²) < 4.78 is 0.781. The third-order valence-electron chi connectivity index (χ3n) is 2.65. The summed E-state index contributed by atoms with van der Waals surface area (Å²) in [6.07, 6.45) is 0. The number of hydrogen-bond donors (Lipinski definition) is 2. The summed E-state index contributed by atoms with van der Waals surface area (Å²) in [6, 6.07) is 7.85. The van der Waals surface area contributed by atoms with Crippen molar-refractivity contribution in [1.82, 2.24) is 0 Å². The molecular formula is C12H15BrN2O. The number of benzene rings is 1. The Kier molecular flexibility index (Phi) is 4.78. The average molecular weight is 283 g/mol. The Morgan fingerprint density at radius 1 is 1.50 bits per heavy atom. The number of nitriles is 1. The van der Waals surface area contributed by atoms with E-state index in [4.69, 9.17) is 10.4 Å². The minimum Gasteiger partial charge on any atom is -0.396 e. The highest BCUT2D eigenvalue weighted by molar-refractivity contribution is 9.10. The van der Waals surface area contributed by atoms with E-state index < -0.39 is 0 Å². The van der Waals surface area contributed by atoms with Gasteiger partial charge in [-0.25, -0.2) is 0 Å². The zero-order valence-corrected chi connectivity index (χ0v) is 11.0. The lowest BCUT2D eigenvalue weighted by atomic mass is 10.0. The molecule has 0 saturated heterocycles. The van der Waals surface area contributed by atoms with E-state index in [1.807, 2.05) is 32.0 Å². The van der Waals surface area contributed by atoms with Crippen LogP contribution in [0.4, 0.5) is 5.69 Å². The van der Waals surface area contributed by atoms with Crippen LogP contribution in [0, 0.1) is 17.2 Å². The lowest BCUT2D eigenvalue weighted by Crippen LogP contribution is -2.26. The van der Waals surface area contributed by atoms with E-state index >= 15 is 0 Å². The predicted octanol–water partition coefficient (Wildman–Crippen LogP) is 2.75. The summed E-state index contributed by atoms with van der Waals surface area (Å²) in [5.41, 5.74) is 1.39. The molecule has 2 N–H and O–H groups in total. The first-order valence-electron chi connectivity index (χ1n) is 5.16. The molecule has 0 radical (unpaired) electrons. The number of hydrogen-bond acceptors (Lipinski definition) is 3. The van der Waals surface area contributed by atoms with Gasteiger partial charge in [0.1, 0.15) is 6.07 Å². The normalized spacial score (nSPS) is 13.9. The van der Waals surface area contributed by atoms with Gasteiger partial charge in [0.15, 0.2) is 0 Å². The maximum atomic E-state index is 9.05. The summed E-state index contributed by atoms with van der Waals surface area (Å²) in [7, 11) is 0. The first-order chi connectivity index (χ1) is 7.60. The lowest BCUT2D eigenvalue weighted by molar-refractivity contribution is 0.226. The van der Waals surface area contributed by atoms with Gasteiger partial charge in [0, 0.05) is 17.1 Å². The molecule has 0 saturated carbocycles. The van der Waals surface area contributed by atoms with E-state index in [2.05, 4.69) is 27.3 Å². The van der Waals surface area contributed by atoms with Crippen LogP contribution in [0.1, 0.15) is 19.4 Å². The van der Waals surface area contributed by atoms with E-state index in [1.165, 1.54) is 0 Å². The predicted molar refractivity (Wildman–Crippen MR) is 68.2 cm³/mol. The summed E-state index contributed by atoms with van der Waals surface area (Å²) >= 11 is 3.34. The van der Waals surface area contributed by atoms with Gasteiger partial charge in [-0.15, -0.1) is 0 Å². The molecule has 3 nitrogen and oxygen atoms in total. The molecule has 0 aliphatic carbocycles. The fourth-order valence-corrected chi connectivity index (χ4v) is 1.76. The molecule has 86 valence electrons. The molecule has 0 heterocycles. The molecule has 4 heteroatoms. The highest BCUT2D eigenvalue weighted by Crippen LogP contribution is 2.25. The molecule has 1 rings (SSSR count). The molecule has 0 aliphatic heterocycles. The van der Waals surface area contributed by atoms with Gasteiger partial charge in [-0.05, 0) is 40.9 Å². The van der Waals surface area contributed by atoms with E-state index in [0.29, 0.717) is 5.56 Å². The molecule has 0 fully saturated rings. The van der Waals surface area contributed by atoms with Crippen LogP contribution in [0.2, 0.25) is 0 Å². The number of rotatable bonds is 4. The van der Waals surface area contributed by atoms with Crippen molar-refractivity contribution in [2.24, 2.45) is 5.92 Å². The molecule has 2 atom stereocenters. The molecule has 1 aromatic rings. The van der Waals surface area contributed by atoms with Crippen molar-refractivity contribution in [1.29, 1.82) is 5.26 Å². The maximum Gasteiger partial charge on any atom is 0.103 e. The Bertz CT molecular complexity index is 400. The summed E-state index contributed by atoms with van der Waals surface area (Å²) in [5, 5.41) is 21.3. The topological polar surface area (TPSA) is 56.0 Å². The number of halogens is 1. The molecule has 0 spiro atoms. The number of nitrogens with zero attached hydrogens (tertiary/aromatic N) is 1. The standard InChI is InChI=1S/C12H15BrN2O/c1-8(7-16)9(2)15-12-5-3-4-11(13)10(12)6-14/h3-5,8-9,15-16H,7H2,1-2H3. The van der Waals surface area contributed by atoms with Crippen molar-refractivity contribution in [3.8, 4) is 6.07 Å². The molecule has 0 aliphatic rings. The van der Waals surface area contributed by atoms with E-state index in [-0.39, 0.29) is 18.6 Å². The molecule has 0 aromatic heterocycles. The van der Waals surface area contributed by atoms with Crippen LogP contribution in [-0.2, 0) is 0 Å².